The Kier molecular flexibility index (Phi) is 12.8. The second-order valence-electron chi connectivity index (χ2n) is 9.43. The molecule has 14 heteroatoms. The normalized spacial score (nSPS) is 13.7. The smallest absolute Gasteiger partial charge is 0.475 e. The van der Waals surface area contributed by atoms with Gasteiger partial charge in [-0.05, 0) is 43.0 Å². The maximum absolute atomic E-state index is 13.5. The van der Waals surface area contributed by atoms with Crippen molar-refractivity contribution in [1.29, 1.82) is 0 Å². The van der Waals surface area contributed by atoms with E-state index in [0.717, 1.165) is 57.4 Å². The molecule has 0 spiro atoms. The standard InChI is InChI=1S/C25H37N5O3S.C2HF3O2/c1-4-7-20-8-10-22(11-9-20)34(32,33)28-21-18-23(25(31)30(14-5-2)15-6-3)24(27-19-21)29-16-12-26-13-17-29;3-2(4,5)1(6)7/h8-11,18-19,26,28H,4-7,12-17H2,1-3H3;(H,6,7). The predicted molar refractivity (Wildman–Crippen MR) is 151 cm³/mol. The Morgan fingerprint density at radius 3 is 2.10 bits per heavy atom. The number of benzene rings is 1. The molecule has 1 aromatic heterocycles. The lowest BCUT2D eigenvalue weighted by molar-refractivity contribution is -0.192. The van der Waals surface area contributed by atoms with Crippen LogP contribution in [0, 0.1) is 0 Å². The lowest BCUT2D eigenvalue weighted by atomic mass is 10.1. The summed E-state index contributed by atoms with van der Waals surface area (Å²) in [5, 5.41) is 10.4. The number of aryl methyl sites for hydroxylation is 1. The first kappa shape index (κ1) is 33.8. The molecule has 1 saturated heterocycles. The number of alkyl halides is 3. The SMILES string of the molecule is CCCc1ccc(S(=O)(=O)Nc2cnc(N3CCNCC3)c(C(=O)N(CCC)CCC)c2)cc1.O=C(O)C(F)(F)F. The second kappa shape index (κ2) is 15.6. The third kappa shape index (κ3) is 10.2. The van der Waals surface area contributed by atoms with Crippen molar-refractivity contribution in [2.45, 2.75) is 57.5 Å². The number of aliphatic carboxylic acids is 1. The minimum atomic E-state index is -5.08. The van der Waals surface area contributed by atoms with Crippen molar-refractivity contribution < 1.29 is 36.3 Å². The number of hydrogen-bond acceptors (Lipinski definition) is 7. The van der Waals surface area contributed by atoms with E-state index in [2.05, 4.69) is 26.8 Å². The van der Waals surface area contributed by atoms with Gasteiger partial charge >= 0.3 is 12.1 Å². The van der Waals surface area contributed by atoms with Crippen molar-refractivity contribution in [2.75, 3.05) is 48.9 Å². The van der Waals surface area contributed by atoms with Crippen LogP contribution < -0.4 is 14.9 Å². The molecule has 1 amide bonds. The van der Waals surface area contributed by atoms with Gasteiger partial charge in [-0.1, -0.05) is 39.3 Å². The molecule has 2 aromatic rings. The number of carbonyl (C=O) groups excluding carboxylic acids is 1. The van der Waals surface area contributed by atoms with E-state index in [4.69, 9.17) is 9.90 Å². The van der Waals surface area contributed by atoms with Gasteiger partial charge in [0.15, 0.2) is 0 Å². The highest BCUT2D eigenvalue weighted by Gasteiger charge is 2.38. The molecule has 1 aromatic carbocycles. The number of sulfonamides is 1. The predicted octanol–water partition coefficient (Wildman–Crippen LogP) is 4.14. The summed E-state index contributed by atoms with van der Waals surface area (Å²) >= 11 is 0. The molecule has 1 aliphatic rings. The third-order valence-electron chi connectivity index (χ3n) is 6.05. The molecule has 1 aliphatic heterocycles. The fraction of sp³-hybridized carbons (Fsp3) is 0.519. The number of anilines is 2. The fourth-order valence-corrected chi connectivity index (χ4v) is 5.20. The Morgan fingerprint density at radius 1 is 1.05 bits per heavy atom. The quantitative estimate of drug-likeness (QED) is 0.350. The van der Waals surface area contributed by atoms with E-state index >= 15 is 0 Å². The maximum atomic E-state index is 13.5. The highest BCUT2D eigenvalue weighted by molar-refractivity contribution is 7.92. The zero-order valence-corrected chi connectivity index (χ0v) is 24.3. The molecule has 3 N–H and O–H groups in total. The summed E-state index contributed by atoms with van der Waals surface area (Å²) in [5.74, 6) is -2.27. The maximum Gasteiger partial charge on any atom is 0.490 e. The van der Waals surface area contributed by atoms with Crippen molar-refractivity contribution in [3.63, 3.8) is 0 Å². The van der Waals surface area contributed by atoms with Crippen LogP contribution in [0.1, 0.15) is 56.0 Å². The molecule has 10 nitrogen and oxygen atoms in total. The molecule has 0 atom stereocenters. The molecule has 0 unspecified atom stereocenters. The number of carboxylic acid groups (broad SMARTS) is 1. The minimum Gasteiger partial charge on any atom is -0.475 e. The zero-order chi connectivity index (χ0) is 30.6. The number of aromatic nitrogens is 1. The molecular weight excluding hydrogens is 563 g/mol. The Hall–Kier alpha value is -3.39. The largest absolute Gasteiger partial charge is 0.490 e. The number of pyridine rings is 1. The second-order valence-corrected chi connectivity index (χ2v) is 11.1. The Balaban J connectivity index is 0.000000745. The Labute approximate surface area is 239 Å². The van der Waals surface area contributed by atoms with E-state index in [0.29, 0.717) is 24.5 Å². The number of carbonyl (C=O) groups is 2. The average molecular weight is 602 g/mol. The van der Waals surface area contributed by atoms with Crippen LogP contribution >= 0.6 is 0 Å². The monoisotopic (exact) mass is 601 g/mol. The summed E-state index contributed by atoms with van der Waals surface area (Å²) in [6.45, 7) is 10.6. The number of rotatable bonds is 11. The van der Waals surface area contributed by atoms with Crippen molar-refractivity contribution >= 4 is 33.4 Å². The molecule has 0 bridgehead atoms. The average Bonchev–Trinajstić information content (AvgIpc) is 2.93. The first-order valence-electron chi connectivity index (χ1n) is 13.5. The molecular formula is C27H38F3N5O5S. The molecule has 0 radical (unpaired) electrons. The van der Waals surface area contributed by atoms with Crippen LogP contribution in [-0.2, 0) is 21.2 Å². The van der Waals surface area contributed by atoms with Gasteiger partial charge in [-0.3, -0.25) is 9.52 Å². The van der Waals surface area contributed by atoms with Gasteiger partial charge in [0, 0.05) is 39.3 Å². The van der Waals surface area contributed by atoms with Crippen LogP contribution in [0.25, 0.3) is 0 Å². The van der Waals surface area contributed by atoms with Gasteiger partial charge in [-0.15, -0.1) is 0 Å². The van der Waals surface area contributed by atoms with Crippen molar-refractivity contribution in [2.24, 2.45) is 0 Å². The Bertz CT molecular complexity index is 1240. The van der Waals surface area contributed by atoms with Gasteiger partial charge in [0.2, 0.25) is 0 Å². The summed E-state index contributed by atoms with van der Waals surface area (Å²) in [6.07, 6.45) is 0.0219. The molecule has 2 heterocycles. The van der Waals surface area contributed by atoms with Crippen LogP contribution in [0.2, 0.25) is 0 Å². The van der Waals surface area contributed by atoms with Crippen LogP contribution in [0.5, 0.6) is 0 Å². The van der Waals surface area contributed by atoms with Gasteiger partial charge in [-0.25, -0.2) is 18.2 Å². The number of amides is 1. The first-order valence-corrected chi connectivity index (χ1v) is 15.0. The van der Waals surface area contributed by atoms with Crippen LogP contribution in [0.3, 0.4) is 0 Å². The topological polar surface area (TPSA) is 132 Å². The van der Waals surface area contributed by atoms with Gasteiger partial charge in [0.1, 0.15) is 5.82 Å². The van der Waals surface area contributed by atoms with Crippen LogP contribution in [0.15, 0.2) is 41.4 Å². The molecule has 228 valence electrons. The van der Waals surface area contributed by atoms with Crippen molar-refractivity contribution in [3.05, 3.63) is 47.7 Å². The van der Waals surface area contributed by atoms with Gasteiger partial charge in [0.05, 0.1) is 22.3 Å². The van der Waals surface area contributed by atoms with Crippen molar-refractivity contribution in [1.82, 2.24) is 15.2 Å². The van der Waals surface area contributed by atoms with Crippen LogP contribution in [0.4, 0.5) is 24.7 Å². The first-order chi connectivity index (χ1) is 19.3. The highest BCUT2D eigenvalue weighted by Crippen LogP contribution is 2.26. The number of halogens is 3. The number of hydrogen-bond donors (Lipinski definition) is 3. The summed E-state index contributed by atoms with van der Waals surface area (Å²) in [5.41, 5.74) is 1.82. The lowest BCUT2D eigenvalue weighted by Crippen LogP contribution is -2.45. The number of nitrogens with one attached hydrogen (secondary N) is 2. The number of carboxylic acids is 1. The molecule has 1 fully saturated rings. The number of piperazine rings is 1. The summed E-state index contributed by atoms with van der Waals surface area (Å²) < 4.78 is 60.4. The third-order valence-corrected chi connectivity index (χ3v) is 7.45. The highest BCUT2D eigenvalue weighted by atomic mass is 32.2. The minimum absolute atomic E-state index is 0.116. The van der Waals surface area contributed by atoms with E-state index in [9.17, 15) is 26.4 Å². The van der Waals surface area contributed by atoms with Gasteiger partial charge in [0.25, 0.3) is 15.9 Å². The number of nitrogens with zero attached hydrogens (tertiary/aromatic N) is 3. The molecule has 0 aliphatic carbocycles. The summed E-state index contributed by atoms with van der Waals surface area (Å²) in [6, 6.07) is 8.55. The van der Waals surface area contributed by atoms with E-state index in [-0.39, 0.29) is 16.5 Å². The molecule has 3 rings (SSSR count). The summed E-state index contributed by atoms with van der Waals surface area (Å²) in [7, 11) is -3.80. The van der Waals surface area contributed by atoms with Crippen molar-refractivity contribution in [3.8, 4) is 0 Å². The Morgan fingerprint density at radius 2 is 1.61 bits per heavy atom. The fourth-order valence-electron chi connectivity index (χ4n) is 4.16. The molecule has 41 heavy (non-hydrogen) atoms. The van der Waals surface area contributed by atoms with Crippen LogP contribution in [-0.4, -0.2) is 80.7 Å². The van der Waals surface area contributed by atoms with E-state index in [1.165, 1.54) is 6.20 Å². The lowest BCUT2D eigenvalue weighted by Gasteiger charge is -2.31. The molecule has 0 saturated carbocycles. The van der Waals surface area contributed by atoms with Gasteiger partial charge < -0.3 is 20.2 Å². The summed E-state index contributed by atoms with van der Waals surface area (Å²) in [4.78, 5) is 31.1. The van der Waals surface area contributed by atoms with E-state index in [1.807, 2.05) is 30.9 Å². The van der Waals surface area contributed by atoms with E-state index < -0.39 is 22.2 Å². The van der Waals surface area contributed by atoms with E-state index in [1.54, 1.807) is 18.2 Å². The van der Waals surface area contributed by atoms with Gasteiger partial charge in [-0.2, -0.15) is 13.2 Å². The zero-order valence-electron chi connectivity index (χ0n) is 23.5.